The highest BCUT2D eigenvalue weighted by Crippen LogP contribution is 2.41. The third-order valence-corrected chi connectivity index (χ3v) is 12.4. The lowest BCUT2D eigenvalue weighted by molar-refractivity contribution is 0.669. The molecule has 0 aliphatic heterocycles. The van der Waals surface area contributed by atoms with E-state index in [4.69, 9.17) is 19.4 Å². The summed E-state index contributed by atoms with van der Waals surface area (Å²) in [5, 5.41) is 12.0. The number of benzene rings is 10. The van der Waals surface area contributed by atoms with Gasteiger partial charge in [-0.2, -0.15) is 0 Å². The Bertz CT molecular complexity index is 3890. The van der Waals surface area contributed by atoms with Crippen LogP contribution in [0.2, 0.25) is 0 Å². The maximum absolute atomic E-state index is 6.70. The fraction of sp³-hybridized carbons (Fsp3) is 0. The van der Waals surface area contributed by atoms with Gasteiger partial charge in [0.2, 0.25) is 0 Å². The van der Waals surface area contributed by atoms with Gasteiger partial charge in [0.15, 0.2) is 17.5 Å². The SMILES string of the molecule is c1ccc(-c2nc(-c3ccc4c(c3)oc3cc(-c5ccc6c7ccccc7c7ccccc7c6c5)ccc34)nc(-c3cccc4c5ccccc5n(-c5ccccc5)c34)n2)cc1. The molecule has 5 heteroatoms. The van der Waals surface area contributed by atoms with Gasteiger partial charge in [-0.3, -0.25) is 0 Å². The molecule has 10 aromatic carbocycles. The van der Waals surface area contributed by atoms with Crippen molar-refractivity contribution in [1.29, 1.82) is 0 Å². The van der Waals surface area contributed by atoms with Crippen molar-refractivity contribution in [2.75, 3.05) is 0 Å². The average molecular weight is 791 g/mol. The van der Waals surface area contributed by atoms with Gasteiger partial charge < -0.3 is 8.98 Å². The van der Waals surface area contributed by atoms with Gasteiger partial charge in [0, 0.05) is 43.9 Å². The van der Waals surface area contributed by atoms with Crippen LogP contribution in [-0.4, -0.2) is 19.5 Å². The minimum absolute atomic E-state index is 0.576. The number of aromatic nitrogens is 4. The third-order valence-electron chi connectivity index (χ3n) is 12.4. The van der Waals surface area contributed by atoms with Gasteiger partial charge >= 0.3 is 0 Å². The van der Waals surface area contributed by atoms with Gasteiger partial charge in [-0.05, 0) is 98.0 Å². The van der Waals surface area contributed by atoms with E-state index in [1.807, 2.05) is 36.4 Å². The Labute approximate surface area is 355 Å². The fourth-order valence-electron chi connectivity index (χ4n) is 9.57. The van der Waals surface area contributed by atoms with Crippen LogP contribution in [0.5, 0.6) is 0 Å². The van der Waals surface area contributed by atoms with Crippen molar-refractivity contribution in [3.05, 3.63) is 206 Å². The zero-order valence-electron chi connectivity index (χ0n) is 33.3. The van der Waals surface area contributed by atoms with Gasteiger partial charge in [0.05, 0.1) is 11.0 Å². The van der Waals surface area contributed by atoms with Gasteiger partial charge in [0.1, 0.15) is 11.2 Å². The van der Waals surface area contributed by atoms with Crippen molar-refractivity contribution in [2.24, 2.45) is 0 Å². The van der Waals surface area contributed by atoms with Gasteiger partial charge in [0.25, 0.3) is 0 Å². The summed E-state index contributed by atoms with van der Waals surface area (Å²) < 4.78 is 9.03. The molecule has 13 rings (SSSR count). The fourth-order valence-corrected chi connectivity index (χ4v) is 9.57. The normalized spacial score (nSPS) is 11.9. The summed E-state index contributed by atoms with van der Waals surface area (Å²) in [5.41, 5.74) is 9.80. The van der Waals surface area contributed by atoms with Crippen LogP contribution in [0.1, 0.15) is 0 Å². The van der Waals surface area contributed by atoms with Crippen LogP contribution in [-0.2, 0) is 0 Å². The lowest BCUT2D eigenvalue weighted by atomic mass is 9.92. The van der Waals surface area contributed by atoms with Crippen LogP contribution in [0.15, 0.2) is 211 Å². The van der Waals surface area contributed by atoms with Crippen LogP contribution < -0.4 is 0 Å². The van der Waals surface area contributed by atoms with Crippen LogP contribution in [0.4, 0.5) is 0 Å². The molecule has 13 aromatic rings. The highest BCUT2D eigenvalue weighted by atomic mass is 16.3. The van der Waals surface area contributed by atoms with Crippen molar-refractivity contribution in [1.82, 2.24) is 19.5 Å². The lowest BCUT2D eigenvalue weighted by Gasteiger charge is -2.12. The molecule has 0 aliphatic carbocycles. The maximum Gasteiger partial charge on any atom is 0.166 e. The molecule has 5 nitrogen and oxygen atoms in total. The quantitative estimate of drug-likeness (QED) is 0.163. The predicted molar refractivity (Wildman–Crippen MR) is 256 cm³/mol. The molecule has 0 atom stereocenters. The molecule has 0 saturated heterocycles. The number of nitrogens with zero attached hydrogens (tertiary/aromatic N) is 4. The average Bonchev–Trinajstić information content (AvgIpc) is 3.89. The first-order valence-corrected chi connectivity index (χ1v) is 20.9. The molecule has 0 radical (unpaired) electrons. The van der Waals surface area contributed by atoms with Crippen LogP contribution >= 0.6 is 0 Å². The van der Waals surface area contributed by atoms with E-state index >= 15 is 0 Å². The van der Waals surface area contributed by atoms with Crippen LogP contribution in [0, 0.1) is 0 Å². The van der Waals surface area contributed by atoms with E-state index in [2.05, 4.69) is 174 Å². The highest BCUT2D eigenvalue weighted by Gasteiger charge is 2.21. The molecule has 0 aliphatic rings. The van der Waals surface area contributed by atoms with Gasteiger partial charge in [-0.15, -0.1) is 0 Å². The minimum Gasteiger partial charge on any atom is -0.456 e. The molecule has 0 N–H and O–H groups in total. The summed E-state index contributed by atoms with van der Waals surface area (Å²) >= 11 is 0. The first-order chi connectivity index (χ1) is 30.7. The topological polar surface area (TPSA) is 56.7 Å². The minimum atomic E-state index is 0.576. The van der Waals surface area contributed by atoms with E-state index in [0.717, 1.165) is 71.9 Å². The molecule has 0 amide bonds. The Morgan fingerprint density at radius 1 is 0.306 bits per heavy atom. The van der Waals surface area contributed by atoms with E-state index in [-0.39, 0.29) is 0 Å². The first kappa shape index (κ1) is 34.5. The Balaban J connectivity index is 0.960. The van der Waals surface area contributed by atoms with Gasteiger partial charge in [-0.1, -0.05) is 152 Å². The number of furan rings is 1. The van der Waals surface area contributed by atoms with Crippen LogP contribution in [0.3, 0.4) is 0 Å². The number of hydrogen-bond acceptors (Lipinski definition) is 4. The van der Waals surface area contributed by atoms with Crippen LogP contribution in [0.25, 0.3) is 127 Å². The molecule has 288 valence electrons. The Morgan fingerprint density at radius 2 is 0.790 bits per heavy atom. The van der Waals surface area contributed by atoms with Crippen molar-refractivity contribution in [3.63, 3.8) is 0 Å². The molecule has 0 spiro atoms. The van der Waals surface area contributed by atoms with Gasteiger partial charge in [-0.25, -0.2) is 15.0 Å². The summed E-state index contributed by atoms with van der Waals surface area (Å²) in [6.07, 6.45) is 0. The Morgan fingerprint density at radius 3 is 1.48 bits per heavy atom. The molecule has 0 unspecified atom stereocenters. The smallest absolute Gasteiger partial charge is 0.166 e. The molecular weight excluding hydrogens is 757 g/mol. The number of para-hydroxylation sites is 3. The van der Waals surface area contributed by atoms with Crippen molar-refractivity contribution < 1.29 is 4.42 Å². The van der Waals surface area contributed by atoms with E-state index in [1.165, 1.54) is 37.7 Å². The zero-order valence-corrected chi connectivity index (χ0v) is 33.3. The van der Waals surface area contributed by atoms with E-state index in [1.54, 1.807) is 0 Å². The monoisotopic (exact) mass is 790 g/mol. The largest absolute Gasteiger partial charge is 0.456 e. The third kappa shape index (κ3) is 5.32. The molecule has 3 aromatic heterocycles. The first-order valence-electron chi connectivity index (χ1n) is 20.9. The molecule has 3 heterocycles. The maximum atomic E-state index is 6.70. The van der Waals surface area contributed by atoms with E-state index < -0.39 is 0 Å². The summed E-state index contributed by atoms with van der Waals surface area (Å²) in [5.74, 6) is 1.78. The number of rotatable bonds is 5. The number of fused-ring (bicyclic) bond motifs is 12. The predicted octanol–water partition coefficient (Wildman–Crippen LogP) is 15.0. The summed E-state index contributed by atoms with van der Waals surface area (Å²) in [7, 11) is 0. The Kier molecular flexibility index (Phi) is 7.54. The summed E-state index contributed by atoms with van der Waals surface area (Å²) in [6, 6.07) is 72.7. The standard InChI is InChI=1S/C57H34N4O/c1-3-14-35(15-4-1)55-58-56(60-57(59-55)49-24-13-23-48-45-22-11-12-25-51(45)61(54(48)49)39-16-5-2-6-17-39)38-28-31-47-46-30-27-37(33-52(46)62-53(47)34-38)36-26-29-44-42-20-8-7-18-40(42)41-19-9-10-21-43(41)50(44)32-36/h1-34H. The molecule has 62 heavy (non-hydrogen) atoms. The molecule has 0 bridgehead atoms. The lowest BCUT2D eigenvalue weighted by Crippen LogP contribution is -2.02. The summed E-state index contributed by atoms with van der Waals surface area (Å²) in [6.45, 7) is 0. The molecular formula is C57H34N4O. The number of hydrogen-bond donors (Lipinski definition) is 0. The second-order valence-electron chi connectivity index (χ2n) is 15.9. The molecule has 0 saturated carbocycles. The highest BCUT2D eigenvalue weighted by molar-refractivity contribution is 6.26. The second kappa shape index (κ2) is 13.6. The van der Waals surface area contributed by atoms with E-state index in [9.17, 15) is 0 Å². The second-order valence-corrected chi connectivity index (χ2v) is 15.9. The van der Waals surface area contributed by atoms with Crippen molar-refractivity contribution in [3.8, 4) is 51.0 Å². The van der Waals surface area contributed by atoms with Crippen molar-refractivity contribution >= 4 is 76.1 Å². The summed E-state index contributed by atoms with van der Waals surface area (Å²) in [4.78, 5) is 15.6. The van der Waals surface area contributed by atoms with E-state index in [0.29, 0.717) is 17.5 Å². The zero-order chi connectivity index (χ0) is 40.7. The Hall–Kier alpha value is -8.41. The van der Waals surface area contributed by atoms with Crippen molar-refractivity contribution in [2.45, 2.75) is 0 Å². The molecule has 0 fully saturated rings.